The van der Waals surface area contributed by atoms with Crippen molar-refractivity contribution in [2.75, 3.05) is 0 Å². The molecule has 0 aromatic carbocycles. The van der Waals surface area contributed by atoms with Crippen LogP contribution >= 0.6 is 0 Å². The second kappa shape index (κ2) is 6.02. The van der Waals surface area contributed by atoms with E-state index >= 15 is 0 Å². The number of rotatable bonds is 0. The van der Waals surface area contributed by atoms with Gasteiger partial charge in [0, 0.05) is 17.1 Å². The first kappa shape index (κ1) is 17.5. The molecule has 0 spiro atoms. The van der Waals surface area contributed by atoms with Gasteiger partial charge < -0.3 is 19.2 Å². The molecule has 75 valence electrons. The van der Waals surface area contributed by atoms with Crippen molar-refractivity contribution in [1.82, 2.24) is 0 Å². The van der Waals surface area contributed by atoms with Crippen molar-refractivity contribution >= 4 is 19.4 Å². The summed E-state index contributed by atoms with van der Waals surface area (Å²) in [5.41, 5.74) is 0. The average molecular weight is 258 g/mol. The van der Waals surface area contributed by atoms with Crippen LogP contribution in [-0.2, 0) is 27.5 Å². The molecule has 0 unspecified atom stereocenters. The van der Waals surface area contributed by atoms with Gasteiger partial charge in [0.1, 0.15) is 0 Å². The summed E-state index contributed by atoms with van der Waals surface area (Å²) in [4.78, 5) is 29.3. The Morgan fingerprint density at radius 2 is 0.909 bits per heavy atom. The molecule has 0 aliphatic carbocycles. The van der Waals surface area contributed by atoms with Crippen molar-refractivity contribution in [1.29, 1.82) is 0 Å². The molecule has 0 atom stereocenters. The molecule has 11 heteroatoms. The molecule has 11 heavy (non-hydrogen) atoms. The van der Waals surface area contributed by atoms with Gasteiger partial charge in [0.2, 0.25) is 0 Å². The van der Waals surface area contributed by atoms with Gasteiger partial charge in [-0.1, -0.05) is 0 Å². The largest absolute Gasteiger partial charge is 0.668 e. The van der Waals surface area contributed by atoms with E-state index < -0.39 is 19.4 Å². The van der Waals surface area contributed by atoms with Gasteiger partial charge in [-0.25, -0.2) is 0 Å². The smallest absolute Gasteiger partial charge is 0.368 e. The molecule has 0 amide bonds. The third kappa shape index (κ3) is 3740. The van der Waals surface area contributed by atoms with E-state index in [1.54, 1.807) is 0 Å². The van der Waals surface area contributed by atoms with E-state index in [9.17, 15) is 0 Å². The van der Waals surface area contributed by atoms with Crippen molar-refractivity contribution < 1.29 is 53.8 Å². The molecular weight excluding hydrogens is 252 g/mol. The monoisotopic (exact) mass is 257 g/mol. The zero-order chi connectivity index (χ0) is 9.00. The molecule has 0 fully saturated rings. The SMILES string of the molecule is O=S(=O)(O)O.O[Si](O)(O)O.[Cu]. The first-order chi connectivity index (χ1) is 4.00. The van der Waals surface area contributed by atoms with Crippen molar-refractivity contribution in [2.24, 2.45) is 0 Å². The van der Waals surface area contributed by atoms with E-state index in [4.69, 9.17) is 36.7 Å². The van der Waals surface area contributed by atoms with Crippen LogP contribution in [-0.4, -0.2) is 45.8 Å². The molecule has 0 aromatic heterocycles. The van der Waals surface area contributed by atoms with Crippen molar-refractivity contribution in [3.63, 3.8) is 0 Å². The van der Waals surface area contributed by atoms with Crippen LogP contribution in [0.5, 0.6) is 0 Å². The Balaban J connectivity index is -0.000000107. The first-order valence-electron chi connectivity index (χ1n) is 1.59. The minimum atomic E-state index is -4.67. The maximum atomic E-state index is 8.74. The van der Waals surface area contributed by atoms with Gasteiger partial charge in [-0.3, -0.25) is 9.11 Å². The molecule has 0 rings (SSSR count). The molecule has 0 aromatic rings. The van der Waals surface area contributed by atoms with Crippen LogP contribution < -0.4 is 0 Å². The fourth-order valence-corrected chi connectivity index (χ4v) is 0. The van der Waals surface area contributed by atoms with Gasteiger partial charge in [0.05, 0.1) is 0 Å². The van der Waals surface area contributed by atoms with Crippen molar-refractivity contribution in [2.45, 2.75) is 0 Å². The van der Waals surface area contributed by atoms with Crippen LogP contribution in [0, 0.1) is 0 Å². The standard InChI is InChI=1S/Cu.H2O4S.H4O4Si/c;2*1-5(2,3)4/h;(H2,1,2,3,4);1-4H. The van der Waals surface area contributed by atoms with E-state index in [-0.39, 0.29) is 17.1 Å². The van der Waals surface area contributed by atoms with Gasteiger partial charge in [-0.05, 0) is 0 Å². The molecule has 0 aliphatic heterocycles. The summed E-state index contributed by atoms with van der Waals surface area (Å²) in [5.74, 6) is 0. The van der Waals surface area contributed by atoms with Crippen molar-refractivity contribution in [3.05, 3.63) is 0 Å². The Hall–Kier alpha value is 0.446. The fourth-order valence-electron chi connectivity index (χ4n) is 0. The number of hydrogen-bond donors (Lipinski definition) is 6. The van der Waals surface area contributed by atoms with Gasteiger partial charge >= 0.3 is 19.4 Å². The molecule has 0 aliphatic rings. The van der Waals surface area contributed by atoms with Crippen LogP contribution in [0.2, 0.25) is 0 Å². The third-order valence-electron chi connectivity index (χ3n) is 0. The zero-order valence-electron chi connectivity index (χ0n) is 4.71. The normalized spacial score (nSPS) is 10.7. The van der Waals surface area contributed by atoms with E-state index in [0.717, 1.165) is 0 Å². The summed E-state index contributed by atoms with van der Waals surface area (Å²) in [6, 6.07) is 0. The van der Waals surface area contributed by atoms with Crippen LogP contribution in [0.15, 0.2) is 0 Å². The van der Waals surface area contributed by atoms with Gasteiger partial charge in [0.15, 0.2) is 0 Å². The van der Waals surface area contributed by atoms with E-state index in [1.807, 2.05) is 0 Å². The predicted molar refractivity (Wildman–Crippen MR) is 28.8 cm³/mol. The molecule has 8 nitrogen and oxygen atoms in total. The molecule has 0 saturated carbocycles. The Morgan fingerprint density at radius 1 is 0.909 bits per heavy atom. The topological polar surface area (TPSA) is 156 Å². The summed E-state index contributed by atoms with van der Waals surface area (Å²) in [6.07, 6.45) is 0. The molecular formula is H6CuO8SSi. The van der Waals surface area contributed by atoms with Gasteiger partial charge in [-0.15, -0.1) is 0 Å². The second-order valence-electron chi connectivity index (χ2n) is 1.05. The minimum Gasteiger partial charge on any atom is -0.368 e. The second-order valence-corrected chi connectivity index (χ2v) is 3.14. The number of hydrogen-bond acceptors (Lipinski definition) is 6. The first-order valence-corrected chi connectivity index (χ1v) is 4.78. The summed E-state index contributed by atoms with van der Waals surface area (Å²) in [5, 5.41) is 0. The summed E-state index contributed by atoms with van der Waals surface area (Å²) >= 11 is 0. The zero-order valence-corrected chi connectivity index (χ0v) is 7.47. The quantitative estimate of drug-likeness (QED) is 0.195. The maximum Gasteiger partial charge on any atom is 0.668 e. The van der Waals surface area contributed by atoms with Crippen LogP contribution in [0.1, 0.15) is 0 Å². The third-order valence-corrected chi connectivity index (χ3v) is 0. The molecule has 0 saturated heterocycles. The molecule has 0 bridgehead atoms. The Kier molecular flexibility index (Phi) is 9.58. The Morgan fingerprint density at radius 3 is 0.909 bits per heavy atom. The predicted octanol–water partition coefficient (Wildman–Crippen LogP) is -3.26. The Bertz CT molecular complexity index is 149. The summed E-state index contributed by atoms with van der Waals surface area (Å²) in [7, 11) is -9.28. The van der Waals surface area contributed by atoms with Crippen LogP contribution in [0.4, 0.5) is 0 Å². The van der Waals surface area contributed by atoms with E-state index in [1.165, 1.54) is 0 Å². The van der Waals surface area contributed by atoms with E-state index in [0.29, 0.717) is 0 Å². The summed E-state index contributed by atoms with van der Waals surface area (Å²) < 4.78 is 31.6. The maximum absolute atomic E-state index is 8.74. The average Bonchev–Trinajstić information content (AvgIpc) is 1.12. The van der Waals surface area contributed by atoms with Crippen molar-refractivity contribution in [3.8, 4) is 0 Å². The van der Waals surface area contributed by atoms with E-state index in [2.05, 4.69) is 0 Å². The van der Waals surface area contributed by atoms with Crippen LogP contribution in [0.25, 0.3) is 0 Å². The van der Waals surface area contributed by atoms with Gasteiger partial charge in [-0.2, -0.15) is 8.42 Å². The fraction of sp³-hybridized carbons (Fsp3) is 0. The Labute approximate surface area is 73.7 Å². The van der Waals surface area contributed by atoms with Gasteiger partial charge in [0.25, 0.3) is 0 Å². The minimum absolute atomic E-state index is 0. The summed E-state index contributed by atoms with van der Waals surface area (Å²) in [6.45, 7) is 0. The molecule has 1 radical (unpaired) electrons. The molecule has 6 N–H and O–H groups in total. The van der Waals surface area contributed by atoms with Crippen LogP contribution in [0.3, 0.4) is 0 Å². The molecule has 0 heterocycles.